The molecule has 2 aromatic rings. The maximum Gasteiger partial charge on any atom is 0.123 e. The maximum absolute atomic E-state index is 13.4. The summed E-state index contributed by atoms with van der Waals surface area (Å²) >= 11 is 9.68. The second kappa shape index (κ2) is 6.72. The Morgan fingerprint density at radius 2 is 2.20 bits per heavy atom. The Hall–Kier alpha value is -0.870. The summed E-state index contributed by atoms with van der Waals surface area (Å²) in [5.41, 5.74) is 3.00. The van der Waals surface area contributed by atoms with Crippen LogP contribution in [0.2, 0.25) is 0 Å². The minimum absolute atomic E-state index is 0.0741. The molecule has 5 heteroatoms. The van der Waals surface area contributed by atoms with Crippen molar-refractivity contribution >= 4 is 27.5 Å². The number of rotatable bonds is 5. The molecule has 2 nitrogen and oxygen atoms in total. The van der Waals surface area contributed by atoms with Crippen molar-refractivity contribution in [3.05, 3.63) is 51.5 Å². The van der Waals surface area contributed by atoms with Crippen molar-refractivity contribution in [2.75, 3.05) is 5.88 Å². The SMILES string of the molecule is CCn1nc(C)c(Br)c1CC(CCl)c1cccc(F)c1. The number of aromatic nitrogens is 2. The third-order valence-corrected chi connectivity index (χ3v) is 4.80. The Morgan fingerprint density at radius 1 is 1.45 bits per heavy atom. The molecule has 2 rings (SSSR count). The van der Waals surface area contributed by atoms with Crippen molar-refractivity contribution in [3.8, 4) is 0 Å². The first-order chi connectivity index (χ1) is 9.56. The number of hydrogen-bond acceptors (Lipinski definition) is 1. The summed E-state index contributed by atoms with van der Waals surface area (Å²) in [6.45, 7) is 4.83. The standard InChI is InChI=1S/C15H17BrClFN2/c1-3-20-14(15(16)10(2)19-20)8-12(9-17)11-5-4-6-13(18)7-11/h4-7,12H,3,8-9H2,1-2H3. The molecule has 1 atom stereocenters. The summed E-state index contributed by atoms with van der Waals surface area (Å²) in [4.78, 5) is 0. The van der Waals surface area contributed by atoms with Crippen molar-refractivity contribution < 1.29 is 4.39 Å². The Labute approximate surface area is 132 Å². The van der Waals surface area contributed by atoms with Crippen molar-refractivity contribution in [2.24, 2.45) is 0 Å². The summed E-state index contributed by atoms with van der Waals surface area (Å²) in [7, 11) is 0. The van der Waals surface area contributed by atoms with E-state index in [9.17, 15) is 4.39 Å². The van der Waals surface area contributed by atoms with Crippen molar-refractivity contribution in [1.82, 2.24) is 9.78 Å². The predicted molar refractivity (Wildman–Crippen MR) is 83.9 cm³/mol. The monoisotopic (exact) mass is 358 g/mol. The number of halogens is 3. The molecule has 0 radical (unpaired) electrons. The van der Waals surface area contributed by atoms with Crippen molar-refractivity contribution in [3.63, 3.8) is 0 Å². The summed E-state index contributed by atoms with van der Waals surface area (Å²) in [6.07, 6.45) is 0.738. The summed E-state index contributed by atoms with van der Waals surface area (Å²) in [6, 6.07) is 6.65. The molecular formula is C15H17BrClFN2. The van der Waals surface area contributed by atoms with E-state index in [0.29, 0.717) is 5.88 Å². The quantitative estimate of drug-likeness (QED) is 0.709. The molecule has 0 saturated heterocycles. The van der Waals surface area contributed by atoms with Gasteiger partial charge in [-0.3, -0.25) is 4.68 Å². The van der Waals surface area contributed by atoms with Gasteiger partial charge < -0.3 is 0 Å². The van der Waals surface area contributed by atoms with Gasteiger partial charge in [0.2, 0.25) is 0 Å². The zero-order valence-electron chi connectivity index (χ0n) is 11.5. The Morgan fingerprint density at radius 3 is 2.80 bits per heavy atom. The molecule has 108 valence electrons. The van der Waals surface area contributed by atoms with Crippen LogP contribution in [0.15, 0.2) is 28.7 Å². The molecule has 0 saturated carbocycles. The van der Waals surface area contributed by atoms with Crippen LogP contribution in [0, 0.1) is 12.7 Å². The molecule has 1 aromatic heterocycles. The molecule has 0 aliphatic rings. The van der Waals surface area contributed by atoms with Crippen LogP contribution < -0.4 is 0 Å². The van der Waals surface area contributed by atoms with Crippen LogP contribution in [-0.4, -0.2) is 15.7 Å². The van der Waals surface area contributed by atoms with Gasteiger partial charge in [-0.15, -0.1) is 11.6 Å². The van der Waals surface area contributed by atoms with E-state index in [4.69, 9.17) is 11.6 Å². The van der Waals surface area contributed by atoms with Gasteiger partial charge in [0, 0.05) is 18.3 Å². The molecule has 20 heavy (non-hydrogen) atoms. The van der Waals surface area contributed by atoms with Crippen LogP contribution in [0.5, 0.6) is 0 Å². The highest BCUT2D eigenvalue weighted by Gasteiger charge is 2.18. The van der Waals surface area contributed by atoms with Gasteiger partial charge in [-0.2, -0.15) is 5.10 Å². The molecule has 0 fully saturated rings. The molecule has 0 N–H and O–H groups in total. The zero-order chi connectivity index (χ0) is 14.7. The largest absolute Gasteiger partial charge is 0.268 e. The van der Waals surface area contributed by atoms with E-state index >= 15 is 0 Å². The zero-order valence-corrected chi connectivity index (χ0v) is 13.9. The molecule has 0 aliphatic heterocycles. The van der Waals surface area contributed by atoms with Gasteiger partial charge in [0.05, 0.1) is 15.9 Å². The summed E-state index contributed by atoms with van der Waals surface area (Å²) in [5.74, 6) is 0.297. The molecule has 1 aromatic carbocycles. The first-order valence-electron chi connectivity index (χ1n) is 6.60. The lowest BCUT2D eigenvalue weighted by Crippen LogP contribution is -2.10. The second-order valence-corrected chi connectivity index (χ2v) is 5.87. The molecule has 0 spiro atoms. The number of nitrogens with zero attached hydrogens (tertiary/aromatic N) is 2. The highest BCUT2D eigenvalue weighted by Crippen LogP contribution is 2.28. The fourth-order valence-corrected chi connectivity index (χ4v) is 3.05. The third kappa shape index (κ3) is 3.23. The maximum atomic E-state index is 13.4. The Bertz CT molecular complexity index is 598. The second-order valence-electron chi connectivity index (χ2n) is 4.77. The van der Waals surface area contributed by atoms with Crippen LogP contribution in [0.3, 0.4) is 0 Å². The first-order valence-corrected chi connectivity index (χ1v) is 7.92. The number of aryl methyl sites for hydroxylation is 2. The van der Waals surface area contributed by atoms with E-state index in [2.05, 4.69) is 28.0 Å². The molecular weight excluding hydrogens is 343 g/mol. The van der Waals surface area contributed by atoms with Crippen LogP contribution in [-0.2, 0) is 13.0 Å². The van der Waals surface area contributed by atoms with Crippen LogP contribution in [0.4, 0.5) is 4.39 Å². The minimum atomic E-state index is -0.225. The van der Waals surface area contributed by atoms with Gasteiger partial charge in [0.25, 0.3) is 0 Å². The van der Waals surface area contributed by atoms with Gasteiger partial charge in [-0.1, -0.05) is 12.1 Å². The number of benzene rings is 1. The van der Waals surface area contributed by atoms with Crippen molar-refractivity contribution in [2.45, 2.75) is 32.7 Å². The van der Waals surface area contributed by atoms with E-state index in [1.54, 1.807) is 12.1 Å². The van der Waals surface area contributed by atoms with E-state index in [-0.39, 0.29) is 11.7 Å². The van der Waals surface area contributed by atoms with Gasteiger partial charge in [0.15, 0.2) is 0 Å². The highest BCUT2D eigenvalue weighted by atomic mass is 79.9. The topological polar surface area (TPSA) is 17.8 Å². The Kier molecular flexibility index (Phi) is 5.22. The predicted octanol–water partition coefficient (Wildman–Crippen LogP) is 4.68. The average Bonchev–Trinajstić information content (AvgIpc) is 2.71. The van der Waals surface area contributed by atoms with Gasteiger partial charge >= 0.3 is 0 Å². The summed E-state index contributed by atoms with van der Waals surface area (Å²) in [5, 5.41) is 4.48. The van der Waals surface area contributed by atoms with Crippen molar-refractivity contribution in [1.29, 1.82) is 0 Å². The molecule has 0 bridgehead atoms. The van der Waals surface area contributed by atoms with E-state index < -0.39 is 0 Å². The third-order valence-electron chi connectivity index (χ3n) is 3.40. The van der Waals surface area contributed by atoms with Gasteiger partial charge in [-0.25, -0.2) is 4.39 Å². The lowest BCUT2D eigenvalue weighted by Gasteiger charge is -2.15. The summed E-state index contributed by atoms with van der Waals surface area (Å²) < 4.78 is 16.4. The van der Waals surface area contributed by atoms with Gasteiger partial charge in [0.1, 0.15) is 5.82 Å². The first kappa shape index (κ1) is 15.5. The minimum Gasteiger partial charge on any atom is -0.268 e. The van der Waals surface area contributed by atoms with Gasteiger partial charge in [-0.05, 0) is 53.9 Å². The normalized spacial score (nSPS) is 12.7. The fourth-order valence-electron chi connectivity index (χ4n) is 2.32. The Balaban J connectivity index is 2.31. The average molecular weight is 360 g/mol. The van der Waals surface area contributed by atoms with Crippen LogP contribution in [0.25, 0.3) is 0 Å². The number of hydrogen-bond donors (Lipinski definition) is 0. The van der Waals surface area contributed by atoms with Crippen LogP contribution >= 0.6 is 27.5 Å². The van der Waals surface area contributed by atoms with E-state index in [1.807, 2.05) is 17.7 Å². The van der Waals surface area contributed by atoms with E-state index in [1.165, 1.54) is 6.07 Å². The lowest BCUT2D eigenvalue weighted by molar-refractivity contribution is 0.590. The molecule has 1 unspecified atom stereocenters. The molecule has 0 amide bonds. The molecule has 0 aliphatic carbocycles. The van der Waals surface area contributed by atoms with E-state index in [0.717, 1.165) is 34.4 Å². The fraction of sp³-hybridized carbons (Fsp3) is 0.400. The smallest absolute Gasteiger partial charge is 0.123 e. The lowest BCUT2D eigenvalue weighted by atomic mass is 9.96. The number of alkyl halides is 1. The van der Waals surface area contributed by atoms with Crippen LogP contribution in [0.1, 0.15) is 29.8 Å². The highest BCUT2D eigenvalue weighted by molar-refractivity contribution is 9.10. The molecule has 1 heterocycles.